The third-order valence-corrected chi connectivity index (χ3v) is 3.27. The lowest BCUT2D eigenvalue weighted by Crippen LogP contribution is -2.03. The molecule has 0 aliphatic carbocycles. The van der Waals surface area contributed by atoms with Crippen molar-refractivity contribution < 1.29 is 9.13 Å². The second-order valence-electron chi connectivity index (χ2n) is 4.80. The Balaban J connectivity index is 2.22. The number of nitrogen functional groups attached to an aromatic ring is 1. The fourth-order valence-electron chi connectivity index (χ4n) is 2.04. The Labute approximate surface area is 113 Å². The molecule has 2 N–H and O–H groups in total. The fourth-order valence-corrected chi connectivity index (χ4v) is 2.04. The highest BCUT2D eigenvalue weighted by Gasteiger charge is 2.08. The molecule has 100 valence electrons. The lowest BCUT2D eigenvalue weighted by atomic mass is 10.1. The van der Waals surface area contributed by atoms with Gasteiger partial charge in [-0.2, -0.15) is 0 Å². The summed E-state index contributed by atoms with van der Waals surface area (Å²) in [5.74, 6) is 0.309. The van der Waals surface area contributed by atoms with E-state index in [0.29, 0.717) is 23.6 Å². The Hall–Kier alpha value is -2.03. The van der Waals surface area contributed by atoms with Crippen molar-refractivity contribution in [2.24, 2.45) is 0 Å². The molecular weight excluding hydrogens is 241 g/mol. The third kappa shape index (κ3) is 2.87. The van der Waals surface area contributed by atoms with Gasteiger partial charge < -0.3 is 10.5 Å². The molecule has 0 atom stereocenters. The van der Waals surface area contributed by atoms with Crippen LogP contribution in [0.4, 0.5) is 10.1 Å². The van der Waals surface area contributed by atoms with Crippen molar-refractivity contribution in [1.82, 2.24) is 0 Å². The van der Waals surface area contributed by atoms with E-state index in [2.05, 4.69) is 0 Å². The van der Waals surface area contributed by atoms with Gasteiger partial charge in [0.1, 0.15) is 18.2 Å². The lowest BCUT2D eigenvalue weighted by Gasteiger charge is -2.13. The number of halogens is 1. The fraction of sp³-hybridized carbons (Fsp3) is 0.250. The minimum absolute atomic E-state index is 0.252. The molecule has 0 bridgehead atoms. The van der Waals surface area contributed by atoms with E-state index in [1.807, 2.05) is 32.0 Å². The molecule has 0 aliphatic heterocycles. The molecule has 2 aromatic rings. The average molecular weight is 259 g/mol. The van der Waals surface area contributed by atoms with Crippen LogP contribution in [0.3, 0.4) is 0 Å². The van der Waals surface area contributed by atoms with Crippen LogP contribution >= 0.6 is 0 Å². The zero-order valence-corrected chi connectivity index (χ0v) is 11.5. The molecule has 0 aliphatic rings. The van der Waals surface area contributed by atoms with Crippen molar-refractivity contribution in [3.8, 4) is 5.75 Å². The number of aryl methyl sites for hydroxylation is 3. The number of hydrogen-bond donors (Lipinski definition) is 1. The standard InChI is InChI=1S/C16H18FNO/c1-10-5-4-6-15(18)13(10)9-19-16-8-14(17)11(2)7-12(16)3/h4-8H,9,18H2,1-3H3. The molecule has 0 saturated heterocycles. The van der Waals surface area contributed by atoms with E-state index in [0.717, 1.165) is 16.7 Å². The molecule has 2 nitrogen and oxygen atoms in total. The van der Waals surface area contributed by atoms with Crippen molar-refractivity contribution in [3.05, 3.63) is 58.4 Å². The smallest absolute Gasteiger partial charge is 0.129 e. The molecule has 0 saturated carbocycles. The molecule has 0 heterocycles. The maximum Gasteiger partial charge on any atom is 0.129 e. The van der Waals surface area contributed by atoms with E-state index in [1.165, 1.54) is 6.07 Å². The summed E-state index contributed by atoms with van der Waals surface area (Å²) in [4.78, 5) is 0. The van der Waals surface area contributed by atoms with Crippen molar-refractivity contribution in [1.29, 1.82) is 0 Å². The van der Waals surface area contributed by atoms with E-state index in [4.69, 9.17) is 10.5 Å². The first kappa shape index (κ1) is 13.4. The Bertz CT molecular complexity index is 588. The zero-order chi connectivity index (χ0) is 14.0. The van der Waals surface area contributed by atoms with E-state index < -0.39 is 0 Å². The molecule has 0 unspecified atom stereocenters. The third-order valence-electron chi connectivity index (χ3n) is 3.27. The van der Waals surface area contributed by atoms with Gasteiger partial charge in [-0.05, 0) is 49.6 Å². The van der Waals surface area contributed by atoms with Gasteiger partial charge in [-0.25, -0.2) is 4.39 Å². The largest absolute Gasteiger partial charge is 0.488 e. The molecule has 3 heteroatoms. The summed E-state index contributed by atoms with van der Waals surface area (Å²) in [5, 5.41) is 0. The normalized spacial score (nSPS) is 10.5. The molecular formula is C16H18FNO. The first-order chi connectivity index (χ1) is 8.99. The van der Waals surface area contributed by atoms with Gasteiger partial charge >= 0.3 is 0 Å². The maximum atomic E-state index is 13.5. The van der Waals surface area contributed by atoms with Crippen LogP contribution < -0.4 is 10.5 Å². The van der Waals surface area contributed by atoms with E-state index in [1.54, 1.807) is 13.0 Å². The van der Waals surface area contributed by atoms with Crippen LogP contribution in [0.15, 0.2) is 30.3 Å². The van der Waals surface area contributed by atoms with Crippen LogP contribution in [-0.4, -0.2) is 0 Å². The summed E-state index contributed by atoms with van der Waals surface area (Å²) in [7, 11) is 0. The Morgan fingerprint density at radius 1 is 1.05 bits per heavy atom. The van der Waals surface area contributed by atoms with Crippen molar-refractivity contribution >= 4 is 5.69 Å². The number of hydrogen-bond acceptors (Lipinski definition) is 2. The van der Waals surface area contributed by atoms with Crippen molar-refractivity contribution in [2.75, 3.05) is 5.73 Å². The minimum atomic E-state index is -0.252. The second kappa shape index (κ2) is 5.31. The second-order valence-corrected chi connectivity index (χ2v) is 4.80. The van der Waals surface area contributed by atoms with Gasteiger partial charge in [0.2, 0.25) is 0 Å². The van der Waals surface area contributed by atoms with Crippen LogP contribution in [0.1, 0.15) is 22.3 Å². The van der Waals surface area contributed by atoms with E-state index in [-0.39, 0.29) is 5.82 Å². The number of ether oxygens (including phenoxy) is 1. The predicted molar refractivity (Wildman–Crippen MR) is 75.8 cm³/mol. The van der Waals surface area contributed by atoms with Gasteiger partial charge in [0.05, 0.1) is 0 Å². The minimum Gasteiger partial charge on any atom is -0.488 e. The molecule has 0 spiro atoms. The Morgan fingerprint density at radius 3 is 2.47 bits per heavy atom. The first-order valence-electron chi connectivity index (χ1n) is 6.22. The van der Waals surface area contributed by atoms with Gasteiger partial charge in [0.15, 0.2) is 0 Å². The number of rotatable bonds is 3. The van der Waals surface area contributed by atoms with Crippen LogP contribution in [-0.2, 0) is 6.61 Å². The average Bonchev–Trinajstić information content (AvgIpc) is 2.34. The van der Waals surface area contributed by atoms with Crippen molar-refractivity contribution in [2.45, 2.75) is 27.4 Å². The Kier molecular flexibility index (Phi) is 3.74. The van der Waals surface area contributed by atoms with Crippen LogP contribution in [0, 0.1) is 26.6 Å². The maximum absolute atomic E-state index is 13.5. The molecule has 0 aromatic heterocycles. The lowest BCUT2D eigenvalue weighted by molar-refractivity contribution is 0.302. The molecule has 19 heavy (non-hydrogen) atoms. The highest BCUT2D eigenvalue weighted by atomic mass is 19.1. The summed E-state index contributed by atoms with van der Waals surface area (Å²) in [6.07, 6.45) is 0. The molecule has 0 amide bonds. The van der Waals surface area contributed by atoms with Gasteiger partial charge in [-0.3, -0.25) is 0 Å². The van der Waals surface area contributed by atoms with Crippen LogP contribution in [0.2, 0.25) is 0 Å². The van der Waals surface area contributed by atoms with Gasteiger partial charge in [-0.1, -0.05) is 12.1 Å². The summed E-state index contributed by atoms with van der Waals surface area (Å²) in [5.41, 5.74) is 10.2. The van der Waals surface area contributed by atoms with E-state index >= 15 is 0 Å². The van der Waals surface area contributed by atoms with Gasteiger partial charge in [0.25, 0.3) is 0 Å². The summed E-state index contributed by atoms with van der Waals surface area (Å²) < 4.78 is 19.2. The van der Waals surface area contributed by atoms with Gasteiger partial charge in [0, 0.05) is 17.3 Å². The topological polar surface area (TPSA) is 35.2 Å². The highest BCUT2D eigenvalue weighted by molar-refractivity contribution is 5.50. The summed E-state index contributed by atoms with van der Waals surface area (Å²) in [6, 6.07) is 8.95. The number of nitrogens with two attached hydrogens (primary N) is 1. The van der Waals surface area contributed by atoms with Crippen molar-refractivity contribution in [3.63, 3.8) is 0 Å². The predicted octanol–water partition coefficient (Wildman–Crippen LogP) is 3.91. The molecule has 2 aromatic carbocycles. The zero-order valence-electron chi connectivity index (χ0n) is 11.5. The molecule has 0 fully saturated rings. The van der Waals surface area contributed by atoms with Crippen LogP contribution in [0.25, 0.3) is 0 Å². The summed E-state index contributed by atoms with van der Waals surface area (Å²) >= 11 is 0. The monoisotopic (exact) mass is 259 g/mol. The number of benzene rings is 2. The van der Waals surface area contributed by atoms with Crippen LogP contribution in [0.5, 0.6) is 5.75 Å². The number of anilines is 1. The van der Waals surface area contributed by atoms with Gasteiger partial charge in [-0.15, -0.1) is 0 Å². The summed E-state index contributed by atoms with van der Waals surface area (Å²) in [6.45, 7) is 5.98. The highest BCUT2D eigenvalue weighted by Crippen LogP contribution is 2.24. The first-order valence-corrected chi connectivity index (χ1v) is 6.22. The molecule has 2 rings (SSSR count). The SMILES string of the molecule is Cc1cc(C)c(OCc2c(C)cccc2N)cc1F. The Morgan fingerprint density at radius 2 is 1.79 bits per heavy atom. The van der Waals surface area contributed by atoms with E-state index in [9.17, 15) is 4.39 Å². The molecule has 0 radical (unpaired) electrons. The quantitative estimate of drug-likeness (QED) is 0.848.